The van der Waals surface area contributed by atoms with Crippen LogP contribution in [0, 0.1) is 18.7 Å². The number of nitrogens with zero attached hydrogens (tertiary/aromatic N) is 2. The number of aliphatic imine (C=N–C) groups is 1. The SMILES string of the molecule is Cc1cc2c([nH]1)C(c1cc(F)ccc1OCC1CC1)=NCN2C1CCC(N)CC1. The van der Waals surface area contributed by atoms with Crippen LogP contribution in [-0.2, 0) is 0 Å². The number of fused-ring (bicyclic) bond motifs is 1. The van der Waals surface area contributed by atoms with Crippen molar-refractivity contribution in [3.05, 3.63) is 47.0 Å². The quantitative estimate of drug-likeness (QED) is 0.798. The van der Waals surface area contributed by atoms with E-state index in [2.05, 4.69) is 22.9 Å². The number of nitrogens with two attached hydrogens (primary N) is 1. The summed E-state index contributed by atoms with van der Waals surface area (Å²) >= 11 is 0. The summed E-state index contributed by atoms with van der Waals surface area (Å²) in [6.45, 7) is 3.33. The van der Waals surface area contributed by atoms with E-state index in [4.69, 9.17) is 15.5 Å². The first-order valence-electron chi connectivity index (χ1n) is 10.8. The minimum Gasteiger partial charge on any atom is -0.493 e. The summed E-state index contributed by atoms with van der Waals surface area (Å²) < 4.78 is 20.2. The number of anilines is 1. The Morgan fingerprint density at radius 2 is 1.97 bits per heavy atom. The molecule has 6 heteroatoms. The van der Waals surface area contributed by atoms with E-state index in [1.54, 1.807) is 12.1 Å². The zero-order chi connectivity index (χ0) is 20.0. The molecular formula is C23H29FN4O. The maximum atomic E-state index is 14.2. The third-order valence-corrected chi connectivity index (χ3v) is 6.41. The molecule has 0 radical (unpaired) electrons. The predicted molar refractivity (Wildman–Crippen MR) is 113 cm³/mol. The molecule has 1 aromatic heterocycles. The highest BCUT2D eigenvalue weighted by Crippen LogP contribution is 2.37. The zero-order valence-corrected chi connectivity index (χ0v) is 17.0. The van der Waals surface area contributed by atoms with E-state index in [-0.39, 0.29) is 5.82 Å². The van der Waals surface area contributed by atoms with Gasteiger partial charge in [-0.2, -0.15) is 0 Å². The fraction of sp³-hybridized carbons (Fsp3) is 0.522. The molecule has 2 saturated carbocycles. The van der Waals surface area contributed by atoms with Gasteiger partial charge in [0.15, 0.2) is 0 Å². The molecule has 5 rings (SSSR count). The molecule has 2 fully saturated rings. The topological polar surface area (TPSA) is 66.6 Å². The van der Waals surface area contributed by atoms with E-state index >= 15 is 0 Å². The minimum atomic E-state index is -0.269. The lowest BCUT2D eigenvalue weighted by atomic mass is 9.90. The monoisotopic (exact) mass is 396 g/mol. The lowest BCUT2D eigenvalue weighted by molar-refractivity contribution is 0.299. The Labute approximate surface area is 171 Å². The molecule has 0 spiro atoms. The minimum absolute atomic E-state index is 0.269. The van der Waals surface area contributed by atoms with Gasteiger partial charge < -0.3 is 20.4 Å². The van der Waals surface area contributed by atoms with Crippen LogP contribution in [0.3, 0.4) is 0 Å². The van der Waals surface area contributed by atoms with Crippen molar-refractivity contribution < 1.29 is 9.13 Å². The zero-order valence-electron chi connectivity index (χ0n) is 17.0. The van der Waals surface area contributed by atoms with Gasteiger partial charge in [0.2, 0.25) is 0 Å². The lowest BCUT2D eigenvalue weighted by Crippen LogP contribution is -2.43. The Hall–Kier alpha value is -2.34. The van der Waals surface area contributed by atoms with Crippen molar-refractivity contribution in [3.63, 3.8) is 0 Å². The first kappa shape index (κ1) is 18.7. The number of aromatic nitrogens is 1. The molecule has 2 aromatic rings. The third-order valence-electron chi connectivity index (χ3n) is 6.41. The van der Waals surface area contributed by atoms with Gasteiger partial charge in [-0.1, -0.05) is 0 Å². The predicted octanol–water partition coefficient (Wildman–Crippen LogP) is 4.14. The molecule has 154 valence electrons. The van der Waals surface area contributed by atoms with E-state index < -0.39 is 0 Å². The number of benzene rings is 1. The van der Waals surface area contributed by atoms with Gasteiger partial charge in [0.1, 0.15) is 18.2 Å². The van der Waals surface area contributed by atoms with Crippen molar-refractivity contribution in [2.24, 2.45) is 16.6 Å². The average Bonchev–Trinajstić information content (AvgIpc) is 3.46. The van der Waals surface area contributed by atoms with Crippen LogP contribution in [0.15, 0.2) is 29.3 Å². The number of hydrogen-bond acceptors (Lipinski definition) is 4. The highest BCUT2D eigenvalue weighted by molar-refractivity contribution is 6.17. The van der Waals surface area contributed by atoms with Gasteiger partial charge in [-0.05, 0) is 75.6 Å². The first-order valence-corrected chi connectivity index (χ1v) is 10.8. The molecule has 2 aliphatic carbocycles. The molecular weight excluding hydrogens is 367 g/mol. The number of hydrogen-bond donors (Lipinski definition) is 2. The number of aromatic amines is 1. The second-order valence-electron chi connectivity index (χ2n) is 8.79. The molecule has 1 aromatic carbocycles. The molecule has 0 bridgehead atoms. The van der Waals surface area contributed by atoms with Crippen molar-refractivity contribution in [2.75, 3.05) is 18.2 Å². The highest BCUT2D eigenvalue weighted by atomic mass is 19.1. The van der Waals surface area contributed by atoms with E-state index in [0.29, 0.717) is 37.0 Å². The molecule has 3 aliphatic rings. The van der Waals surface area contributed by atoms with Crippen LogP contribution >= 0.6 is 0 Å². The maximum Gasteiger partial charge on any atom is 0.128 e. The lowest BCUT2D eigenvalue weighted by Gasteiger charge is -2.38. The highest BCUT2D eigenvalue weighted by Gasteiger charge is 2.32. The molecule has 1 aliphatic heterocycles. The molecule has 0 atom stereocenters. The fourth-order valence-corrected chi connectivity index (χ4v) is 4.53. The van der Waals surface area contributed by atoms with Crippen LogP contribution in [0.5, 0.6) is 5.75 Å². The Morgan fingerprint density at radius 1 is 1.17 bits per heavy atom. The van der Waals surface area contributed by atoms with Crippen LogP contribution in [0.25, 0.3) is 0 Å². The third kappa shape index (κ3) is 3.78. The average molecular weight is 397 g/mol. The molecule has 29 heavy (non-hydrogen) atoms. The summed E-state index contributed by atoms with van der Waals surface area (Å²) in [7, 11) is 0. The van der Waals surface area contributed by atoms with Gasteiger partial charge in [0.05, 0.1) is 23.7 Å². The Balaban J connectivity index is 1.48. The number of aryl methyl sites for hydroxylation is 1. The smallest absolute Gasteiger partial charge is 0.128 e. The van der Waals surface area contributed by atoms with Gasteiger partial charge in [0.25, 0.3) is 0 Å². The Kier molecular flexibility index (Phi) is 4.82. The molecule has 0 saturated heterocycles. The summed E-state index contributed by atoms with van der Waals surface area (Å²) in [5.74, 6) is 1.08. The van der Waals surface area contributed by atoms with Crippen LogP contribution < -0.4 is 15.4 Å². The Morgan fingerprint density at radius 3 is 2.72 bits per heavy atom. The van der Waals surface area contributed by atoms with Crippen LogP contribution in [0.4, 0.5) is 10.1 Å². The molecule has 0 amide bonds. The maximum absolute atomic E-state index is 14.2. The normalized spacial score (nSPS) is 24.2. The van der Waals surface area contributed by atoms with E-state index in [0.717, 1.165) is 54.0 Å². The number of halogens is 1. The van der Waals surface area contributed by atoms with Crippen LogP contribution in [-0.4, -0.2) is 36.1 Å². The number of nitrogens with one attached hydrogen (secondary N) is 1. The molecule has 0 unspecified atom stereocenters. The van der Waals surface area contributed by atoms with Crippen LogP contribution in [0.1, 0.15) is 55.5 Å². The van der Waals surface area contributed by atoms with Gasteiger partial charge in [-0.25, -0.2) is 4.39 Å². The van der Waals surface area contributed by atoms with Crippen molar-refractivity contribution in [2.45, 2.75) is 57.5 Å². The second kappa shape index (κ2) is 7.48. The van der Waals surface area contributed by atoms with Crippen molar-refractivity contribution in [3.8, 4) is 5.75 Å². The largest absolute Gasteiger partial charge is 0.493 e. The van der Waals surface area contributed by atoms with Crippen molar-refractivity contribution in [1.29, 1.82) is 0 Å². The number of H-pyrrole nitrogens is 1. The fourth-order valence-electron chi connectivity index (χ4n) is 4.53. The van der Waals surface area contributed by atoms with E-state index in [1.807, 2.05) is 0 Å². The van der Waals surface area contributed by atoms with Gasteiger partial charge >= 0.3 is 0 Å². The van der Waals surface area contributed by atoms with Gasteiger partial charge in [-0.15, -0.1) is 0 Å². The van der Waals surface area contributed by atoms with Crippen LogP contribution in [0.2, 0.25) is 0 Å². The number of ether oxygens (including phenoxy) is 1. The summed E-state index contributed by atoms with van der Waals surface area (Å²) in [5, 5.41) is 0. The summed E-state index contributed by atoms with van der Waals surface area (Å²) in [6.07, 6.45) is 6.73. The Bertz CT molecular complexity index is 925. The van der Waals surface area contributed by atoms with Gasteiger partial charge in [-0.3, -0.25) is 4.99 Å². The first-order chi connectivity index (χ1) is 14.1. The second-order valence-corrected chi connectivity index (χ2v) is 8.79. The molecule has 5 nitrogen and oxygen atoms in total. The van der Waals surface area contributed by atoms with Crippen molar-refractivity contribution in [1.82, 2.24) is 4.98 Å². The summed E-state index contributed by atoms with van der Waals surface area (Å²) in [6, 6.07) is 7.71. The van der Waals surface area contributed by atoms with E-state index in [1.165, 1.54) is 18.9 Å². The van der Waals surface area contributed by atoms with Crippen molar-refractivity contribution >= 4 is 11.4 Å². The standard InChI is InChI=1S/C23H29FN4O/c1-14-10-20-23(27-14)22(26-13-28(20)18-7-5-17(25)6-8-18)19-11-16(24)4-9-21(19)29-12-15-2-3-15/h4,9-11,15,17-18,27H,2-3,5-8,12-13,25H2,1H3. The summed E-state index contributed by atoms with van der Waals surface area (Å²) in [5.41, 5.74) is 10.8. The number of rotatable bonds is 5. The summed E-state index contributed by atoms with van der Waals surface area (Å²) in [4.78, 5) is 10.8. The van der Waals surface area contributed by atoms with E-state index in [9.17, 15) is 4.39 Å². The molecule has 2 heterocycles. The van der Waals surface area contributed by atoms with Gasteiger partial charge in [0, 0.05) is 23.3 Å². The molecule has 3 N–H and O–H groups in total.